The first-order valence-corrected chi connectivity index (χ1v) is 9.05. The molecule has 0 radical (unpaired) electrons. The van der Waals surface area contributed by atoms with E-state index in [0.717, 1.165) is 64.6 Å². The number of rotatable bonds is 5. The maximum absolute atomic E-state index is 11.5. The van der Waals surface area contributed by atoms with Gasteiger partial charge in [0, 0.05) is 58.8 Å². The molecule has 8 heteroatoms. The molecule has 1 aromatic rings. The quantitative estimate of drug-likeness (QED) is 0.758. The highest BCUT2D eigenvalue weighted by molar-refractivity contribution is 5.73. The van der Waals surface area contributed by atoms with Crippen LogP contribution in [0.1, 0.15) is 33.0 Å². The Hall–Kier alpha value is -1.54. The molecule has 1 aromatic heterocycles. The molecule has 0 unspecified atom stereocenters. The molecule has 24 heavy (non-hydrogen) atoms. The zero-order chi connectivity index (χ0) is 17.1. The molecule has 3 rings (SSSR count). The molecule has 2 atom stereocenters. The fourth-order valence-electron chi connectivity index (χ4n) is 3.94. The zero-order valence-electron chi connectivity index (χ0n) is 15.1. The molecular weight excluding hydrogens is 306 g/mol. The molecule has 2 aliphatic heterocycles. The van der Waals surface area contributed by atoms with Crippen molar-refractivity contribution in [2.24, 2.45) is 5.92 Å². The molecule has 2 aliphatic rings. The molecule has 8 nitrogen and oxygen atoms in total. The van der Waals surface area contributed by atoms with E-state index in [4.69, 9.17) is 0 Å². The van der Waals surface area contributed by atoms with Crippen LogP contribution < -0.4 is 0 Å². The third-order valence-corrected chi connectivity index (χ3v) is 5.28. The summed E-state index contributed by atoms with van der Waals surface area (Å²) in [4.78, 5) is 18.5. The fourth-order valence-corrected chi connectivity index (χ4v) is 3.94. The van der Waals surface area contributed by atoms with Gasteiger partial charge in [0.05, 0.1) is 6.54 Å². The predicted octanol–water partition coefficient (Wildman–Crippen LogP) is 0.0675. The Morgan fingerprint density at radius 2 is 1.96 bits per heavy atom. The minimum absolute atomic E-state index is 0.193. The first kappa shape index (κ1) is 17.3. The largest absolute Gasteiger partial charge is 0.340 e. The maximum atomic E-state index is 11.5. The van der Waals surface area contributed by atoms with Crippen LogP contribution in [-0.4, -0.2) is 86.1 Å². The van der Waals surface area contributed by atoms with E-state index in [2.05, 4.69) is 39.2 Å². The fraction of sp³-hybridized carbons (Fsp3) is 0.875. The minimum atomic E-state index is 0.193. The van der Waals surface area contributed by atoms with E-state index < -0.39 is 0 Å². The summed E-state index contributed by atoms with van der Waals surface area (Å²) in [6.07, 6.45) is 1.04. The molecular formula is C16H29N7O. The van der Waals surface area contributed by atoms with Crippen LogP contribution in [0.25, 0.3) is 0 Å². The number of aryl methyl sites for hydroxylation is 1. The van der Waals surface area contributed by atoms with Crippen molar-refractivity contribution in [3.05, 3.63) is 5.82 Å². The second kappa shape index (κ2) is 7.57. The summed E-state index contributed by atoms with van der Waals surface area (Å²) < 4.78 is 1.92. The molecule has 0 aromatic carbocycles. The summed E-state index contributed by atoms with van der Waals surface area (Å²) in [7, 11) is 0. The van der Waals surface area contributed by atoms with E-state index in [1.54, 1.807) is 6.92 Å². The SMILES string of the molecule is CCCn1nnnc1CN1C[C@H](C)[C@@H](N2CCN(C(C)=O)CC2)C1. The van der Waals surface area contributed by atoms with Crippen LogP contribution in [0.3, 0.4) is 0 Å². The van der Waals surface area contributed by atoms with Crippen molar-refractivity contribution in [1.29, 1.82) is 0 Å². The van der Waals surface area contributed by atoms with Gasteiger partial charge in [0.1, 0.15) is 0 Å². The van der Waals surface area contributed by atoms with Crippen molar-refractivity contribution >= 4 is 5.91 Å². The minimum Gasteiger partial charge on any atom is -0.340 e. The van der Waals surface area contributed by atoms with E-state index in [1.807, 2.05) is 9.58 Å². The average Bonchev–Trinajstić information content (AvgIpc) is 3.15. The van der Waals surface area contributed by atoms with Gasteiger partial charge in [0.2, 0.25) is 5.91 Å². The molecule has 0 N–H and O–H groups in total. The number of tetrazole rings is 1. The van der Waals surface area contributed by atoms with Crippen LogP contribution in [0, 0.1) is 5.92 Å². The number of piperazine rings is 1. The lowest BCUT2D eigenvalue weighted by Crippen LogP contribution is -2.53. The molecule has 134 valence electrons. The van der Waals surface area contributed by atoms with Crippen molar-refractivity contribution in [2.75, 3.05) is 39.3 Å². The van der Waals surface area contributed by atoms with Crippen molar-refractivity contribution in [3.8, 4) is 0 Å². The number of carbonyl (C=O) groups excluding carboxylic acids is 1. The normalized spacial score (nSPS) is 26.2. The highest BCUT2D eigenvalue weighted by Crippen LogP contribution is 2.24. The monoisotopic (exact) mass is 335 g/mol. The number of hydrogen-bond donors (Lipinski definition) is 0. The van der Waals surface area contributed by atoms with Crippen molar-refractivity contribution < 1.29 is 4.79 Å². The van der Waals surface area contributed by atoms with Gasteiger partial charge in [-0.25, -0.2) is 4.68 Å². The summed E-state index contributed by atoms with van der Waals surface area (Å²) in [5, 5.41) is 12.1. The summed E-state index contributed by atoms with van der Waals surface area (Å²) in [6.45, 7) is 13.6. The van der Waals surface area contributed by atoms with Gasteiger partial charge in [-0.15, -0.1) is 5.10 Å². The topological polar surface area (TPSA) is 70.4 Å². The standard InChI is InChI=1S/C16H29N7O/c1-4-5-23-16(17-18-19-23)12-20-10-13(2)15(11-20)22-8-6-21(7-9-22)14(3)24/h13,15H,4-12H2,1-3H3/t13-,15-/m0/s1. The van der Waals surface area contributed by atoms with Crippen LogP contribution in [-0.2, 0) is 17.9 Å². The Morgan fingerprint density at radius 1 is 1.21 bits per heavy atom. The highest BCUT2D eigenvalue weighted by atomic mass is 16.2. The van der Waals surface area contributed by atoms with Crippen LogP contribution in [0.15, 0.2) is 0 Å². The Kier molecular flexibility index (Phi) is 5.45. The predicted molar refractivity (Wildman–Crippen MR) is 90.2 cm³/mol. The number of likely N-dealkylation sites (tertiary alicyclic amines) is 1. The van der Waals surface area contributed by atoms with Gasteiger partial charge < -0.3 is 4.90 Å². The lowest BCUT2D eigenvalue weighted by atomic mass is 10.0. The summed E-state index contributed by atoms with van der Waals surface area (Å²) in [6, 6.07) is 0.564. The summed E-state index contributed by atoms with van der Waals surface area (Å²) in [5.74, 6) is 1.79. The Balaban J connectivity index is 1.55. The van der Waals surface area contributed by atoms with Crippen LogP contribution in [0.4, 0.5) is 0 Å². The van der Waals surface area contributed by atoms with E-state index in [9.17, 15) is 4.79 Å². The molecule has 0 aliphatic carbocycles. The number of aromatic nitrogens is 4. The number of nitrogens with zero attached hydrogens (tertiary/aromatic N) is 7. The molecule has 2 saturated heterocycles. The number of amides is 1. The second-order valence-electron chi connectivity index (χ2n) is 7.10. The van der Waals surface area contributed by atoms with Crippen LogP contribution >= 0.6 is 0 Å². The Morgan fingerprint density at radius 3 is 2.62 bits per heavy atom. The lowest BCUT2D eigenvalue weighted by molar-refractivity contribution is -0.130. The van der Waals surface area contributed by atoms with Gasteiger partial charge >= 0.3 is 0 Å². The summed E-state index contributed by atoms with van der Waals surface area (Å²) in [5.41, 5.74) is 0. The molecule has 0 bridgehead atoms. The Bertz CT molecular complexity index is 552. The third-order valence-electron chi connectivity index (χ3n) is 5.28. The number of hydrogen-bond acceptors (Lipinski definition) is 6. The molecule has 3 heterocycles. The van der Waals surface area contributed by atoms with Crippen molar-refractivity contribution in [3.63, 3.8) is 0 Å². The van der Waals surface area contributed by atoms with E-state index in [0.29, 0.717) is 12.0 Å². The lowest BCUT2D eigenvalue weighted by Gasteiger charge is -2.39. The first-order valence-electron chi connectivity index (χ1n) is 9.05. The van der Waals surface area contributed by atoms with Gasteiger partial charge in [-0.2, -0.15) is 0 Å². The van der Waals surface area contributed by atoms with Gasteiger partial charge in [-0.3, -0.25) is 14.6 Å². The Labute approximate surface area is 143 Å². The highest BCUT2D eigenvalue weighted by Gasteiger charge is 2.35. The smallest absolute Gasteiger partial charge is 0.219 e. The first-order chi connectivity index (χ1) is 11.6. The van der Waals surface area contributed by atoms with Gasteiger partial charge in [-0.05, 0) is 22.8 Å². The van der Waals surface area contributed by atoms with Crippen LogP contribution in [0.2, 0.25) is 0 Å². The van der Waals surface area contributed by atoms with E-state index >= 15 is 0 Å². The van der Waals surface area contributed by atoms with E-state index in [-0.39, 0.29) is 5.91 Å². The van der Waals surface area contributed by atoms with Crippen molar-refractivity contribution in [1.82, 2.24) is 34.9 Å². The van der Waals surface area contributed by atoms with Gasteiger partial charge in [-0.1, -0.05) is 13.8 Å². The van der Waals surface area contributed by atoms with Crippen molar-refractivity contribution in [2.45, 2.75) is 46.3 Å². The zero-order valence-corrected chi connectivity index (χ0v) is 15.1. The average molecular weight is 335 g/mol. The molecule has 2 fully saturated rings. The second-order valence-corrected chi connectivity index (χ2v) is 7.10. The van der Waals surface area contributed by atoms with Crippen LogP contribution in [0.5, 0.6) is 0 Å². The third kappa shape index (κ3) is 3.75. The molecule has 0 spiro atoms. The van der Waals surface area contributed by atoms with E-state index in [1.165, 1.54) is 0 Å². The summed E-state index contributed by atoms with van der Waals surface area (Å²) >= 11 is 0. The maximum Gasteiger partial charge on any atom is 0.219 e. The number of carbonyl (C=O) groups is 1. The molecule has 0 saturated carbocycles. The van der Waals surface area contributed by atoms with Gasteiger partial charge in [0.15, 0.2) is 5.82 Å². The molecule has 1 amide bonds. The van der Waals surface area contributed by atoms with Gasteiger partial charge in [0.25, 0.3) is 0 Å².